The molecule has 3 nitrogen and oxygen atoms in total. The summed E-state index contributed by atoms with van der Waals surface area (Å²) in [6.07, 6.45) is 19.4. The number of alkyl halides is 1. The Morgan fingerprint density at radius 2 is 1.28 bits per heavy atom. The summed E-state index contributed by atoms with van der Waals surface area (Å²) < 4.78 is 5.73. The van der Waals surface area contributed by atoms with E-state index in [0.717, 1.165) is 49.7 Å². The first kappa shape index (κ1) is 29.8. The molecule has 0 aromatic rings. The zero-order valence-corrected chi connectivity index (χ0v) is 22.7. The van der Waals surface area contributed by atoms with Gasteiger partial charge in [0.25, 0.3) is 0 Å². The third-order valence-electron chi connectivity index (χ3n) is 6.37. The third kappa shape index (κ3) is 13.8. The standard InChI is InChI=1S/C12H20O.C8H14O.C4H7Br.H2N.Na/c1-10-4-2-3-5-12(10)9-13-8-11-6-7-11;1-7-4-2-3-5-8(7)6-9;5-3-4-1-2-4;;/h2-3,10-12H,4-9H2,1H3;2-3,7-9H,4-6H2,1H3;4H,1-3H2;1H2;/q;;;-1;+1. The molecule has 0 aliphatic heterocycles. The van der Waals surface area contributed by atoms with Crippen LogP contribution in [0, 0.1) is 35.5 Å². The molecule has 164 valence electrons. The maximum Gasteiger partial charge on any atom is 1.00 e. The minimum absolute atomic E-state index is 0. The van der Waals surface area contributed by atoms with Gasteiger partial charge in [-0.25, -0.2) is 0 Å². The molecule has 2 fully saturated rings. The molecule has 0 heterocycles. The van der Waals surface area contributed by atoms with Gasteiger partial charge in [0.1, 0.15) is 0 Å². The Bertz CT molecular complexity index is 452. The predicted molar refractivity (Wildman–Crippen MR) is 124 cm³/mol. The van der Waals surface area contributed by atoms with E-state index in [0.29, 0.717) is 18.4 Å². The van der Waals surface area contributed by atoms with Crippen LogP contribution in [0.3, 0.4) is 0 Å². The first-order valence-electron chi connectivity index (χ1n) is 11.2. The van der Waals surface area contributed by atoms with Crippen molar-refractivity contribution >= 4 is 15.9 Å². The monoisotopic (exact) mass is 479 g/mol. The zero-order valence-electron chi connectivity index (χ0n) is 19.1. The summed E-state index contributed by atoms with van der Waals surface area (Å²) in [6, 6.07) is 0. The van der Waals surface area contributed by atoms with Gasteiger partial charge in [0.05, 0.1) is 0 Å². The van der Waals surface area contributed by atoms with Crippen LogP contribution in [0.15, 0.2) is 24.3 Å². The van der Waals surface area contributed by atoms with Gasteiger partial charge < -0.3 is 16.0 Å². The van der Waals surface area contributed by atoms with Gasteiger partial charge in [0.2, 0.25) is 0 Å². The van der Waals surface area contributed by atoms with Gasteiger partial charge in [-0.1, -0.05) is 54.1 Å². The maximum atomic E-state index is 8.83. The second-order valence-electron chi connectivity index (χ2n) is 9.12. The van der Waals surface area contributed by atoms with Gasteiger partial charge >= 0.3 is 29.6 Å². The molecule has 29 heavy (non-hydrogen) atoms. The SMILES string of the molecule is BrCC1CC1.CC1CC=CCC1CO.CC1CC=CCC1COCC1CC1.[NH2-].[Na+]. The summed E-state index contributed by atoms with van der Waals surface area (Å²) in [7, 11) is 0. The Morgan fingerprint density at radius 3 is 1.62 bits per heavy atom. The van der Waals surface area contributed by atoms with Crippen LogP contribution in [-0.2, 0) is 4.74 Å². The summed E-state index contributed by atoms with van der Waals surface area (Å²) in [4.78, 5) is 0. The van der Waals surface area contributed by atoms with E-state index in [9.17, 15) is 0 Å². The molecule has 0 saturated heterocycles. The van der Waals surface area contributed by atoms with Gasteiger partial charge in [-0.3, -0.25) is 0 Å². The molecular weight excluding hydrogens is 437 g/mol. The van der Waals surface area contributed by atoms with Crippen molar-refractivity contribution in [3.63, 3.8) is 0 Å². The summed E-state index contributed by atoms with van der Waals surface area (Å²) in [5, 5.41) is 10.1. The van der Waals surface area contributed by atoms with Crippen LogP contribution in [-0.4, -0.2) is 30.3 Å². The van der Waals surface area contributed by atoms with Crippen LogP contribution in [0.4, 0.5) is 0 Å². The quantitative estimate of drug-likeness (QED) is 0.353. The number of ether oxygens (including phenoxy) is 1. The van der Waals surface area contributed by atoms with Crippen molar-refractivity contribution in [2.24, 2.45) is 35.5 Å². The summed E-state index contributed by atoms with van der Waals surface area (Å²) in [5.41, 5.74) is 0. The van der Waals surface area contributed by atoms with E-state index >= 15 is 0 Å². The van der Waals surface area contributed by atoms with Crippen molar-refractivity contribution < 1.29 is 39.4 Å². The molecular formula is C24H43BrNNaO2. The summed E-state index contributed by atoms with van der Waals surface area (Å²) in [5.74, 6) is 4.77. The van der Waals surface area contributed by atoms with E-state index < -0.39 is 0 Å². The number of allylic oxidation sites excluding steroid dienone is 4. The van der Waals surface area contributed by atoms with Crippen molar-refractivity contribution in [2.75, 3.05) is 25.2 Å². The predicted octanol–water partition coefficient (Wildman–Crippen LogP) is 4.11. The fraction of sp³-hybridized carbons (Fsp3) is 0.833. The van der Waals surface area contributed by atoms with Crippen LogP contribution >= 0.6 is 15.9 Å². The van der Waals surface area contributed by atoms with Crippen molar-refractivity contribution in [2.45, 2.75) is 65.2 Å². The zero-order chi connectivity index (χ0) is 19.5. The molecule has 0 bridgehead atoms. The molecule has 4 atom stereocenters. The second-order valence-corrected chi connectivity index (χ2v) is 9.77. The Balaban J connectivity index is 0.000000429. The molecule has 0 aromatic heterocycles. The Hall–Kier alpha value is 0.840. The fourth-order valence-corrected chi connectivity index (χ4v) is 4.09. The summed E-state index contributed by atoms with van der Waals surface area (Å²) in [6.45, 7) is 6.90. The number of halogens is 1. The maximum absolute atomic E-state index is 8.83. The van der Waals surface area contributed by atoms with E-state index in [1.165, 1.54) is 43.9 Å². The van der Waals surface area contributed by atoms with Crippen LogP contribution in [0.25, 0.3) is 6.15 Å². The molecule has 4 aliphatic rings. The average molecular weight is 481 g/mol. The molecule has 2 saturated carbocycles. The minimum Gasteiger partial charge on any atom is -0.693 e. The van der Waals surface area contributed by atoms with E-state index in [1.807, 2.05) is 0 Å². The number of hydrogen-bond acceptors (Lipinski definition) is 2. The topological polar surface area (TPSA) is 63.0 Å². The minimum atomic E-state index is 0. The molecule has 0 amide bonds. The van der Waals surface area contributed by atoms with Crippen LogP contribution in [0.5, 0.6) is 0 Å². The van der Waals surface area contributed by atoms with E-state index in [1.54, 1.807) is 0 Å². The van der Waals surface area contributed by atoms with Crippen molar-refractivity contribution in [3.8, 4) is 0 Å². The first-order valence-corrected chi connectivity index (χ1v) is 12.3. The van der Waals surface area contributed by atoms with Crippen molar-refractivity contribution in [3.05, 3.63) is 30.5 Å². The van der Waals surface area contributed by atoms with Crippen molar-refractivity contribution in [1.82, 2.24) is 0 Å². The van der Waals surface area contributed by atoms with E-state index in [-0.39, 0.29) is 35.7 Å². The Kier molecular flexibility index (Phi) is 17.9. The molecule has 4 rings (SSSR count). The second kappa shape index (κ2) is 17.4. The van der Waals surface area contributed by atoms with Crippen molar-refractivity contribution in [1.29, 1.82) is 0 Å². The van der Waals surface area contributed by atoms with Gasteiger partial charge in [-0.05, 0) is 86.9 Å². The Labute approximate surface area is 210 Å². The fourth-order valence-electron chi connectivity index (χ4n) is 3.44. The number of aliphatic hydroxyl groups is 1. The average Bonchev–Trinajstić information content (AvgIpc) is 3.59. The third-order valence-corrected chi connectivity index (χ3v) is 7.28. The molecule has 0 aromatic carbocycles. The first-order chi connectivity index (χ1) is 13.1. The molecule has 0 radical (unpaired) electrons. The van der Waals surface area contributed by atoms with E-state index in [2.05, 4.69) is 54.1 Å². The molecule has 4 aliphatic carbocycles. The van der Waals surface area contributed by atoms with Crippen LogP contribution in [0.1, 0.15) is 65.2 Å². The normalized spacial score (nSPS) is 29.9. The van der Waals surface area contributed by atoms with Gasteiger partial charge in [0, 0.05) is 25.2 Å². The molecule has 5 heteroatoms. The van der Waals surface area contributed by atoms with Gasteiger partial charge in [-0.2, -0.15) is 0 Å². The number of aliphatic hydroxyl groups excluding tert-OH is 1. The smallest absolute Gasteiger partial charge is 0.693 e. The summed E-state index contributed by atoms with van der Waals surface area (Å²) >= 11 is 3.38. The number of hydrogen-bond donors (Lipinski definition) is 1. The molecule has 4 unspecified atom stereocenters. The van der Waals surface area contributed by atoms with E-state index in [4.69, 9.17) is 9.84 Å². The Morgan fingerprint density at radius 1 is 0.793 bits per heavy atom. The van der Waals surface area contributed by atoms with Crippen LogP contribution < -0.4 is 29.6 Å². The largest absolute Gasteiger partial charge is 1.00 e. The molecule has 0 spiro atoms. The number of rotatable bonds is 6. The van der Waals surface area contributed by atoms with Gasteiger partial charge in [0.15, 0.2) is 0 Å². The molecule has 3 N–H and O–H groups in total. The number of nitrogens with two attached hydrogens (primary N) is 1. The van der Waals surface area contributed by atoms with Crippen LogP contribution in [0.2, 0.25) is 0 Å². The van der Waals surface area contributed by atoms with Gasteiger partial charge in [-0.15, -0.1) is 0 Å².